The molecule has 0 spiro atoms. The molecule has 0 bridgehead atoms. The first-order chi connectivity index (χ1) is 8.65. The van der Waals surface area contributed by atoms with Crippen LogP contribution in [0.3, 0.4) is 0 Å². The molecular formula is C12H15N3O2S. The number of rotatable bonds is 5. The highest BCUT2D eigenvalue weighted by atomic mass is 32.1. The number of carboxylic acid groups (broad SMARTS) is 1. The lowest BCUT2D eigenvalue weighted by molar-refractivity contribution is 0.0697. The second-order valence-corrected chi connectivity index (χ2v) is 4.89. The standard InChI is InChI=1S/C12H15N3O2S/c1-3-4-5-13-9-8(12(16)17)7(2)15-11-10(9)18-6-14-11/h6H,3-5H2,1-2H3,(H,13,15)(H,16,17). The van der Waals surface area contributed by atoms with Crippen LogP contribution in [-0.2, 0) is 0 Å². The van der Waals surface area contributed by atoms with Gasteiger partial charge >= 0.3 is 5.97 Å². The first-order valence-corrected chi connectivity index (χ1v) is 6.74. The first-order valence-electron chi connectivity index (χ1n) is 5.86. The number of fused-ring (bicyclic) bond motifs is 1. The van der Waals surface area contributed by atoms with Crippen LogP contribution in [0.15, 0.2) is 5.51 Å². The Labute approximate surface area is 109 Å². The van der Waals surface area contributed by atoms with Gasteiger partial charge in [-0.3, -0.25) is 0 Å². The van der Waals surface area contributed by atoms with Crippen LogP contribution in [0, 0.1) is 6.92 Å². The molecule has 0 radical (unpaired) electrons. The molecule has 2 N–H and O–H groups in total. The van der Waals surface area contributed by atoms with Crippen molar-refractivity contribution in [3.05, 3.63) is 16.8 Å². The molecule has 0 aliphatic heterocycles. The molecule has 6 heteroatoms. The number of pyridine rings is 1. The quantitative estimate of drug-likeness (QED) is 0.813. The highest BCUT2D eigenvalue weighted by Crippen LogP contribution is 2.31. The second-order valence-electron chi connectivity index (χ2n) is 4.04. The summed E-state index contributed by atoms with van der Waals surface area (Å²) in [6.07, 6.45) is 2.06. The molecule has 0 saturated heterocycles. The molecule has 0 saturated carbocycles. The summed E-state index contributed by atoms with van der Waals surface area (Å²) in [5, 5.41) is 12.5. The number of aromatic nitrogens is 2. The van der Waals surface area contributed by atoms with Crippen molar-refractivity contribution in [2.45, 2.75) is 26.7 Å². The second kappa shape index (κ2) is 5.30. The molecule has 2 rings (SSSR count). The molecule has 18 heavy (non-hydrogen) atoms. The lowest BCUT2D eigenvalue weighted by Gasteiger charge is -2.11. The lowest BCUT2D eigenvalue weighted by Crippen LogP contribution is -2.10. The Morgan fingerprint density at radius 1 is 1.56 bits per heavy atom. The minimum atomic E-state index is -0.950. The predicted molar refractivity (Wildman–Crippen MR) is 72.5 cm³/mol. The van der Waals surface area contributed by atoms with Crippen molar-refractivity contribution < 1.29 is 9.90 Å². The number of hydrogen-bond acceptors (Lipinski definition) is 5. The summed E-state index contributed by atoms with van der Waals surface area (Å²) in [6, 6.07) is 0. The van der Waals surface area contributed by atoms with E-state index in [2.05, 4.69) is 22.2 Å². The Morgan fingerprint density at radius 3 is 3.00 bits per heavy atom. The summed E-state index contributed by atoms with van der Waals surface area (Å²) in [5.41, 5.74) is 3.71. The van der Waals surface area contributed by atoms with Gasteiger partial charge in [0.15, 0.2) is 5.65 Å². The third-order valence-electron chi connectivity index (χ3n) is 2.71. The van der Waals surface area contributed by atoms with Gasteiger partial charge < -0.3 is 10.4 Å². The van der Waals surface area contributed by atoms with Gasteiger partial charge in [0, 0.05) is 6.54 Å². The number of nitrogens with one attached hydrogen (secondary N) is 1. The van der Waals surface area contributed by atoms with Crippen LogP contribution in [0.2, 0.25) is 0 Å². The van der Waals surface area contributed by atoms with Crippen molar-refractivity contribution in [2.24, 2.45) is 0 Å². The van der Waals surface area contributed by atoms with E-state index in [0.717, 1.165) is 24.1 Å². The predicted octanol–water partition coefficient (Wildman–Crippen LogP) is 2.91. The van der Waals surface area contributed by atoms with E-state index in [-0.39, 0.29) is 5.56 Å². The average molecular weight is 265 g/mol. The smallest absolute Gasteiger partial charge is 0.339 e. The lowest BCUT2D eigenvalue weighted by atomic mass is 10.1. The summed E-state index contributed by atoms with van der Waals surface area (Å²) in [5.74, 6) is -0.950. The largest absolute Gasteiger partial charge is 0.478 e. The van der Waals surface area contributed by atoms with E-state index >= 15 is 0 Å². The van der Waals surface area contributed by atoms with Gasteiger partial charge in [-0.05, 0) is 13.3 Å². The third kappa shape index (κ3) is 2.28. The van der Waals surface area contributed by atoms with E-state index in [1.807, 2.05) is 0 Å². The number of aromatic carboxylic acids is 1. The molecule has 0 fully saturated rings. The number of unbranched alkanes of at least 4 members (excludes halogenated alkanes) is 1. The Bertz CT molecular complexity index is 580. The summed E-state index contributed by atoms with van der Waals surface area (Å²) in [7, 11) is 0. The van der Waals surface area contributed by atoms with Crippen LogP contribution in [-0.4, -0.2) is 27.6 Å². The van der Waals surface area contributed by atoms with E-state index in [1.165, 1.54) is 11.3 Å². The van der Waals surface area contributed by atoms with Crippen molar-refractivity contribution in [1.29, 1.82) is 0 Å². The van der Waals surface area contributed by atoms with E-state index in [1.54, 1.807) is 12.4 Å². The fourth-order valence-corrected chi connectivity index (χ4v) is 2.57. The Kier molecular flexibility index (Phi) is 3.76. The summed E-state index contributed by atoms with van der Waals surface area (Å²) < 4.78 is 0.814. The molecule has 2 aromatic heterocycles. The fraction of sp³-hybridized carbons (Fsp3) is 0.417. The topological polar surface area (TPSA) is 75.1 Å². The minimum Gasteiger partial charge on any atom is -0.478 e. The van der Waals surface area contributed by atoms with Gasteiger partial charge in [-0.15, -0.1) is 11.3 Å². The normalized spacial score (nSPS) is 10.8. The van der Waals surface area contributed by atoms with Crippen LogP contribution in [0.5, 0.6) is 0 Å². The Hall–Kier alpha value is -1.69. The number of carbonyl (C=O) groups is 1. The Balaban J connectivity index is 2.52. The zero-order valence-electron chi connectivity index (χ0n) is 10.4. The van der Waals surface area contributed by atoms with Crippen molar-refractivity contribution in [3.8, 4) is 0 Å². The van der Waals surface area contributed by atoms with Crippen molar-refractivity contribution >= 4 is 33.3 Å². The molecule has 0 amide bonds. The molecular weight excluding hydrogens is 250 g/mol. The van der Waals surface area contributed by atoms with Crippen LogP contribution in [0.25, 0.3) is 10.3 Å². The number of hydrogen-bond donors (Lipinski definition) is 2. The van der Waals surface area contributed by atoms with Gasteiger partial charge in [-0.25, -0.2) is 14.8 Å². The summed E-state index contributed by atoms with van der Waals surface area (Å²) in [4.78, 5) is 19.7. The van der Waals surface area contributed by atoms with E-state index in [4.69, 9.17) is 0 Å². The molecule has 0 atom stereocenters. The van der Waals surface area contributed by atoms with Crippen molar-refractivity contribution in [1.82, 2.24) is 9.97 Å². The molecule has 2 heterocycles. The molecule has 0 unspecified atom stereocenters. The summed E-state index contributed by atoms with van der Waals surface area (Å²) >= 11 is 1.41. The number of anilines is 1. The zero-order valence-corrected chi connectivity index (χ0v) is 11.2. The van der Waals surface area contributed by atoms with Crippen molar-refractivity contribution in [3.63, 3.8) is 0 Å². The Morgan fingerprint density at radius 2 is 2.33 bits per heavy atom. The van der Waals surface area contributed by atoms with Gasteiger partial charge in [-0.2, -0.15) is 0 Å². The maximum Gasteiger partial charge on any atom is 0.339 e. The maximum absolute atomic E-state index is 11.3. The number of aryl methyl sites for hydroxylation is 1. The van der Waals surface area contributed by atoms with Gasteiger partial charge in [-0.1, -0.05) is 13.3 Å². The molecule has 0 aromatic carbocycles. The van der Waals surface area contributed by atoms with Crippen LogP contribution in [0.1, 0.15) is 35.8 Å². The van der Waals surface area contributed by atoms with Crippen LogP contribution in [0.4, 0.5) is 5.69 Å². The number of nitrogens with zero attached hydrogens (tertiary/aromatic N) is 2. The van der Waals surface area contributed by atoms with Gasteiger partial charge in [0.05, 0.1) is 21.6 Å². The molecule has 5 nitrogen and oxygen atoms in total. The SMILES string of the molecule is CCCCNc1c(C(=O)O)c(C)nc2ncsc12. The van der Waals surface area contributed by atoms with Gasteiger partial charge in [0.2, 0.25) is 0 Å². The highest BCUT2D eigenvalue weighted by Gasteiger charge is 2.19. The first kappa shape index (κ1) is 12.8. The molecule has 0 aliphatic rings. The van der Waals surface area contributed by atoms with E-state index in [0.29, 0.717) is 17.0 Å². The van der Waals surface area contributed by atoms with Gasteiger partial charge in [0.25, 0.3) is 0 Å². The molecule has 96 valence electrons. The number of thiazole rings is 1. The molecule has 0 aliphatic carbocycles. The van der Waals surface area contributed by atoms with Crippen LogP contribution >= 0.6 is 11.3 Å². The minimum absolute atomic E-state index is 0.253. The number of carboxylic acids is 1. The fourth-order valence-electron chi connectivity index (χ4n) is 1.82. The van der Waals surface area contributed by atoms with Crippen LogP contribution < -0.4 is 5.32 Å². The summed E-state index contributed by atoms with van der Waals surface area (Å²) in [6.45, 7) is 4.56. The third-order valence-corrected chi connectivity index (χ3v) is 3.54. The van der Waals surface area contributed by atoms with Crippen molar-refractivity contribution in [2.75, 3.05) is 11.9 Å². The average Bonchev–Trinajstić information content (AvgIpc) is 2.76. The monoisotopic (exact) mass is 265 g/mol. The molecule has 2 aromatic rings. The maximum atomic E-state index is 11.3. The van der Waals surface area contributed by atoms with Gasteiger partial charge in [0.1, 0.15) is 5.56 Å². The highest BCUT2D eigenvalue weighted by molar-refractivity contribution is 7.17. The zero-order chi connectivity index (χ0) is 13.1. The van der Waals surface area contributed by atoms with E-state index in [9.17, 15) is 9.90 Å². The van der Waals surface area contributed by atoms with E-state index < -0.39 is 5.97 Å².